The van der Waals surface area contributed by atoms with E-state index in [1.807, 2.05) is 4.90 Å². The third-order valence-electron chi connectivity index (χ3n) is 3.27. The van der Waals surface area contributed by atoms with E-state index in [0.29, 0.717) is 12.1 Å². The first kappa shape index (κ1) is 10.7. The molecule has 2 aliphatic rings. The van der Waals surface area contributed by atoms with Gasteiger partial charge in [0.2, 0.25) is 5.91 Å². The van der Waals surface area contributed by atoms with Crippen LogP contribution in [0.4, 0.5) is 0 Å². The van der Waals surface area contributed by atoms with E-state index in [1.54, 1.807) is 0 Å². The van der Waals surface area contributed by atoms with E-state index in [4.69, 9.17) is 0 Å². The number of rotatable bonds is 4. The highest BCUT2D eigenvalue weighted by Gasteiger charge is 2.32. The molecule has 0 spiro atoms. The summed E-state index contributed by atoms with van der Waals surface area (Å²) < 4.78 is 0. The first-order valence-corrected chi connectivity index (χ1v) is 5.97. The van der Waals surface area contributed by atoms with E-state index >= 15 is 0 Å². The summed E-state index contributed by atoms with van der Waals surface area (Å²) in [6, 6.07) is 1.00. The highest BCUT2D eigenvalue weighted by molar-refractivity contribution is 5.87. The Bertz CT molecular complexity index is 242. The SMILES string of the molecule is C=CC(=O)N(CC1CCCCN1)C1CC1. The van der Waals surface area contributed by atoms with Gasteiger partial charge < -0.3 is 10.2 Å². The molecule has 0 aromatic carbocycles. The summed E-state index contributed by atoms with van der Waals surface area (Å²) in [5.74, 6) is 0.102. The average molecular weight is 208 g/mol. The van der Waals surface area contributed by atoms with Crippen molar-refractivity contribution in [3.8, 4) is 0 Å². The molecule has 3 nitrogen and oxygen atoms in total. The maximum Gasteiger partial charge on any atom is 0.246 e. The normalized spacial score (nSPS) is 26.0. The zero-order valence-corrected chi connectivity index (χ0v) is 9.24. The zero-order chi connectivity index (χ0) is 10.7. The second-order valence-electron chi connectivity index (χ2n) is 4.57. The number of nitrogens with one attached hydrogen (secondary N) is 1. The minimum Gasteiger partial charge on any atom is -0.335 e. The van der Waals surface area contributed by atoms with Crippen LogP contribution in [0, 0.1) is 0 Å². The predicted molar refractivity (Wildman–Crippen MR) is 60.6 cm³/mol. The Kier molecular flexibility index (Phi) is 3.41. The Balaban J connectivity index is 1.87. The number of nitrogens with zero attached hydrogens (tertiary/aromatic N) is 1. The second kappa shape index (κ2) is 4.79. The van der Waals surface area contributed by atoms with Crippen molar-refractivity contribution in [2.75, 3.05) is 13.1 Å². The maximum absolute atomic E-state index is 11.6. The standard InChI is InChI=1S/C12H20N2O/c1-2-12(15)14(11-6-7-11)9-10-5-3-4-8-13-10/h2,10-11,13H,1,3-9H2. The van der Waals surface area contributed by atoms with Gasteiger partial charge in [0, 0.05) is 18.6 Å². The van der Waals surface area contributed by atoms with Crippen molar-refractivity contribution in [2.45, 2.75) is 44.2 Å². The lowest BCUT2D eigenvalue weighted by Gasteiger charge is -2.30. The van der Waals surface area contributed by atoms with Crippen LogP contribution in [0.25, 0.3) is 0 Å². The number of carbonyl (C=O) groups excluding carboxylic acids is 1. The molecule has 1 unspecified atom stereocenters. The lowest BCUT2D eigenvalue weighted by molar-refractivity contribution is -0.127. The topological polar surface area (TPSA) is 32.3 Å². The molecule has 2 fully saturated rings. The van der Waals surface area contributed by atoms with Gasteiger partial charge in [-0.2, -0.15) is 0 Å². The monoisotopic (exact) mass is 208 g/mol. The molecule has 0 aromatic rings. The summed E-state index contributed by atoms with van der Waals surface area (Å²) in [6.07, 6.45) is 7.56. The minimum atomic E-state index is 0.102. The Labute approximate surface area is 91.5 Å². The van der Waals surface area contributed by atoms with E-state index in [1.165, 1.54) is 38.2 Å². The first-order chi connectivity index (χ1) is 7.31. The Hall–Kier alpha value is -0.830. The Morgan fingerprint density at radius 2 is 2.20 bits per heavy atom. The molecule has 1 amide bonds. The van der Waals surface area contributed by atoms with Gasteiger partial charge in [-0.1, -0.05) is 13.0 Å². The summed E-state index contributed by atoms with van der Waals surface area (Å²) in [6.45, 7) is 5.55. The Morgan fingerprint density at radius 1 is 1.40 bits per heavy atom. The number of amides is 1. The molecule has 0 aromatic heterocycles. The van der Waals surface area contributed by atoms with Crippen molar-refractivity contribution in [3.05, 3.63) is 12.7 Å². The molecule has 1 aliphatic heterocycles. The number of piperidine rings is 1. The van der Waals surface area contributed by atoms with Crippen molar-refractivity contribution in [1.29, 1.82) is 0 Å². The number of hydrogen-bond donors (Lipinski definition) is 1. The van der Waals surface area contributed by atoms with Crippen LogP contribution in [0.2, 0.25) is 0 Å². The van der Waals surface area contributed by atoms with Crippen LogP contribution in [0.15, 0.2) is 12.7 Å². The van der Waals surface area contributed by atoms with Gasteiger partial charge in [0.15, 0.2) is 0 Å². The molecule has 1 aliphatic carbocycles. The summed E-state index contributed by atoms with van der Waals surface area (Å²) >= 11 is 0. The molecular formula is C12H20N2O. The number of hydrogen-bond acceptors (Lipinski definition) is 2. The fourth-order valence-electron chi connectivity index (χ4n) is 2.24. The summed E-state index contributed by atoms with van der Waals surface area (Å²) in [5, 5.41) is 3.48. The zero-order valence-electron chi connectivity index (χ0n) is 9.24. The van der Waals surface area contributed by atoms with Gasteiger partial charge in [0.1, 0.15) is 0 Å². The molecule has 84 valence electrons. The van der Waals surface area contributed by atoms with Crippen molar-refractivity contribution in [2.24, 2.45) is 0 Å². The fraction of sp³-hybridized carbons (Fsp3) is 0.750. The molecule has 1 saturated heterocycles. The first-order valence-electron chi connectivity index (χ1n) is 5.97. The third-order valence-corrected chi connectivity index (χ3v) is 3.27. The van der Waals surface area contributed by atoms with Crippen molar-refractivity contribution in [3.63, 3.8) is 0 Å². The van der Waals surface area contributed by atoms with E-state index in [0.717, 1.165) is 13.1 Å². The van der Waals surface area contributed by atoms with Gasteiger partial charge in [0.05, 0.1) is 0 Å². The fourth-order valence-corrected chi connectivity index (χ4v) is 2.24. The molecule has 1 saturated carbocycles. The van der Waals surface area contributed by atoms with E-state index in [9.17, 15) is 4.79 Å². The van der Waals surface area contributed by atoms with Crippen LogP contribution in [-0.4, -0.2) is 36.0 Å². The van der Waals surface area contributed by atoms with Crippen molar-refractivity contribution < 1.29 is 4.79 Å². The van der Waals surface area contributed by atoms with Gasteiger partial charge in [-0.15, -0.1) is 0 Å². The van der Waals surface area contributed by atoms with Crippen LogP contribution >= 0.6 is 0 Å². The van der Waals surface area contributed by atoms with Gasteiger partial charge in [-0.25, -0.2) is 0 Å². The molecule has 1 N–H and O–H groups in total. The summed E-state index contributed by atoms with van der Waals surface area (Å²) in [7, 11) is 0. The molecule has 15 heavy (non-hydrogen) atoms. The summed E-state index contributed by atoms with van der Waals surface area (Å²) in [5.41, 5.74) is 0. The third kappa shape index (κ3) is 2.81. The largest absolute Gasteiger partial charge is 0.335 e. The van der Waals surface area contributed by atoms with Crippen molar-refractivity contribution in [1.82, 2.24) is 10.2 Å². The molecular weight excluding hydrogens is 188 g/mol. The van der Waals surface area contributed by atoms with Gasteiger partial charge >= 0.3 is 0 Å². The highest BCUT2D eigenvalue weighted by atomic mass is 16.2. The van der Waals surface area contributed by atoms with Crippen LogP contribution < -0.4 is 5.32 Å². The van der Waals surface area contributed by atoms with E-state index < -0.39 is 0 Å². The molecule has 0 radical (unpaired) electrons. The second-order valence-corrected chi connectivity index (χ2v) is 4.57. The molecule has 1 heterocycles. The molecule has 3 heteroatoms. The van der Waals surface area contributed by atoms with Crippen molar-refractivity contribution >= 4 is 5.91 Å². The molecule has 2 rings (SSSR count). The van der Waals surface area contributed by atoms with Crippen LogP contribution in [0.1, 0.15) is 32.1 Å². The van der Waals surface area contributed by atoms with Crippen LogP contribution in [0.3, 0.4) is 0 Å². The highest BCUT2D eigenvalue weighted by Crippen LogP contribution is 2.27. The quantitative estimate of drug-likeness (QED) is 0.706. The molecule has 0 bridgehead atoms. The minimum absolute atomic E-state index is 0.102. The number of carbonyl (C=O) groups is 1. The maximum atomic E-state index is 11.6. The van der Waals surface area contributed by atoms with Crippen LogP contribution in [-0.2, 0) is 4.79 Å². The van der Waals surface area contributed by atoms with E-state index in [2.05, 4.69) is 11.9 Å². The van der Waals surface area contributed by atoms with Crippen LogP contribution in [0.5, 0.6) is 0 Å². The summed E-state index contributed by atoms with van der Waals surface area (Å²) in [4.78, 5) is 13.6. The molecule has 1 atom stereocenters. The lowest BCUT2D eigenvalue weighted by Crippen LogP contribution is -2.46. The van der Waals surface area contributed by atoms with Gasteiger partial charge in [-0.05, 0) is 38.3 Å². The average Bonchev–Trinajstić information content (AvgIpc) is 3.10. The van der Waals surface area contributed by atoms with Gasteiger partial charge in [-0.3, -0.25) is 4.79 Å². The lowest BCUT2D eigenvalue weighted by atomic mass is 10.0. The Morgan fingerprint density at radius 3 is 2.73 bits per heavy atom. The predicted octanol–water partition coefficient (Wildman–Crippen LogP) is 1.31. The van der Waals surface area contributed by atoms with E-state index in [-0.39, 0.29) is 5.91 Å². The van der Waals surface area contributed by atoms with Gasteiger partial charge in [0.25, 0.3) is 0 Å². The smallest absolute Gasteiger partial charge is 0.246 e.